The third-order valence-corrected chi connectivity index (χ3v) is 4.39. The Morgan fingerprint density at radius 3 is 3.06 bits per heavy atom. The second-order valence-electron chi connectivity index (χ2n) is 4.94. The van der Waals surface area contributed by atoms with E-state index in [9.17, 15) is 0 Å². The van der Waals surface area contributed by atoms with E-state index in [2.05, 4.69) is 46.1 Å². The van der Waals surface area contributed by atoms with E-state index in [1.54, 1.807) is 0 Å². The molecule has 0 fully saturated rings. The van der Waals surface area contributed by atoms with Gasteiger partial charge < -0.3 is 4.90 Å². The van der Waals surface area contributed by atoms with Crippen LogP contribution in [0.3, 0.4) is 0 Å². The topological polar surface area (TPSA) is 15.6 Å². The predicted molar refractivity (Wildman–Crippen MR) is 70.0 cm³/mol. The summed E-state index contributed by atoms with van der Waals surface area (Å²) in [6, 6.07) is 6.51. The molecule has 1 aromatic rings. The Balaban J connectivity index is 1.95. The molecular formula is C13H15BrN2. The van der Waals surface area contributed by atoms with Gasteiger partial charge in [0, 0.05) is 18.1 Å². The first-order chi connectivity index (χ1) is 7.69. The van der Waals surface area contributed by atoms with Gasteiger partial charge in [0.15, 0.2) is 0 Å². The van der Waals surface area contributed by atoms with E-state index in [4.69, 9.17) is 4.99 Å². The zero-order valence-corrected chi connectivity index (χ0v) is 11.0. The van der Waals surface area contributed by atoms with E-state index in [1.807, 2.05) is 6.34 Å². The number of aliphatic imine (C=N–C) groups is 1. The molecule has 3 heteroatoms. The van der Waals surface area contributed by atoms with Crippen LogP contribution in [0, 0.1) is 0 Å². The number of halogens is 1. The third-order valence-electron chi connectivity index (χ3n) is 3.65. The number of hydrogen-bond donors (Lipinski definition) is 0. The maximum atomic E-state index is 4.72. The van der Waals surface area contributed by atoms with Gasteiger partial charge in [-0.3, -0.25) is 4.99 Å². The molecular weight excluding hydrogens is 264 g/mol. The largest absolute Gasteiger partial charge is 0.364 e. The second-order valence-corrected chi connectivity index (χ2v) is 5.79. The summed E-state index contributed by atoms with van der Waals surface area (Å²) < 4.78 is 1.26. The molecule has 0 saturated carbocycles. The molecule has 1 atom stereocenters. The number of fused-ring (bicyclic) bond motifs is 1. The summed E-state index contributed by atoms with van der Waals surface area (Å²) in [6.07, 6.45) is 5.39. The van der Waals surface area contributed by atoms with Crippen LogP contribution in [0.25, 0.3) is 0 Å². The lowest BCUT2D eigenvalue weighted by Crippen LogP contribution is -2.38. The molecule has 1 aliphatic heterocycles. The summed E-state index contributed by atoms with van der Waals surface area (Å²) in [7, 11) is 2.11. The predicted octanol–water partition coefficient (Wildman–Crippen LogP) is 2.65. The molecule has 0 bridgehead atoms. The maximum Gasteiger partial charge on any atom is 0.0855 e. The van der Waals surface area contributed by atoms with E-state index in [0.717, 1.165) is 19.4 Å². The van der Waals surface area contributed by atoms with Crippen molar-refractivity contribution in [2.45, 2.75) is 24.8 Å². The number of likely N-dealkylation sites (N-methyl/N-ethyl adjacent to an activating group) is 1. The van der Waals surface area contributed by atoms with Gasteiger partial charge in [-0.2, -0.15) is 0 Å². The van der Waals surface area contributed by atoms with E-state index >= 15 is 0 Å². The van der Waals surface area contributed by atoms with Gasteiger partial charge in [-0.05, 0) is 36.5 Å². The van der Waals surface area contributed by atoms with Gasteiger partial charge >= 0.3 is 0 Å². The molecule has 0 radical (unpaired) electrons. The fraction of sp³-hybridized carbons (Fsp3) is 0.462. The molecule has 1 aliphatic carbocycles. The minimum atomic E-state index is 0.155. The molecule has 1 unspecified atom stereocenters. The summed E-state index contributed by atoms with van der Waals surface area (Å²) in [5, 5.41) is 0. The zero-order chi connectivity index (χ0) is 11.2. The Morgan fingerprint density at radius 2 is 2.31 bits per heavy atom. The van der Waals surface area contributed by atoms with Crippen molar-refractivity contribution in [1.29, 1.82) is 0 Å². The lowest BCUT2D eigenvalue weighted by atomic mass is 9.78. The minimum Gasteiger partial charge on any atom is -0.364 e. The van der Waals surface area contributed by atoms with Gasteiger partial charge in [0.05, 0.1) is 11.9 Å². The Morgan fingerprint density at radius 1 is 1.44 bits per heavy atom. The van der Waals surface area contributed by atoms with Crippen LogP contribution in [0.4, 0.5) is 0 Å². The molecule has 2 aliphatic rings. The summed E-state index contributed by atoms with van der Waals surface area (Å²) in [5.41, 5.74) is 3.11. The molecule has 84 valence electrons. The van der Waals surface area contributed by atoms with Gasteiger partial charge in [0.1, 0.15) is 0 Å². The first-order valence-electron chi connectivity index (χ1n) is 5.70. The molecule has 0 amide bonds. The molecule has 0 N–H and O–H groups in total. The van der Waals surface area contributed by atoms with Crippen molar-refractivity contribution in [2.75, 3.05) is 13.6 Å². The molecule has 1 aromatic carbocycles. The Labute approximate surface area is 104 Å². The van der Waals surface area contributed by atoms with E-state index in [1.165, 1.54) is 22.0 Å². The summed E-state index contributed by atoms with van der Waals surface area (Å²) in [4.78, 5) is 6.92. The molecule has 3 rings (SSSR count). The number of nitrogens with zero attached hydrogens (tertiary/aromatic N) is 2. The molecule has 0 saturated heterocycles. The second kappa shape index (κ2) is 3.59. The lowest BCUT2D eigenvalue weighted by molar-refractivity contribution is 0.336. The van der Waals surface area contributed by atoms with E-state index in [-0.39, 0.29) is 5.54 Å². The smallest absolute Gasteiger partial charge is 0.0855 e. The Bertz CT molecular complexity index is 455. The van der Waals surface area contributed by atoms with Crippen LogP contribution in [0.5, 0.6) is 0 Å². The van der Waals surface area contributed by atoms with Crippen molar-refractivity contribution in [3.05, 3.63) is 33.8 Å². The Hall–Kier alpha value is -0.830. The highest BCUT2D eigenvalue weighted by Crippen LogP contribution is 2.36. The van der Waals surface area contributed by atoms with Crippen molar-refractivity contribution in [2.24, 2.45) is 4.99 Å². The first kappa shape index (κ1) is 10.3. The van der Waals surface area contributed by atoms with Gasteiger partial charge in [-0.15, -0.1) is 0 Å². The summed E-state index contributed by atoms with van der Waals surface area (Å²) in [5.74, 6) is 0. The quantitative estimate of drug-likeness (QED) is 0.713. The van der Waals surface area contributed by atoms with Crippen molar-refractivity contribution >= 4 is 22.3 Å². The number of benzene rings is 1. The van der Waals surface area contributed by atoms with Gasteiger partial charge in [-0.1, -0.05) is 28.1 Å². The third kappa shape index (κ3) is 1.58. The highest BCUT2D eigenvalue weighted by molar-refractivity contribution is 9.10. The van der Waals surface area contributed by atoms with Gasteiger partial charge in [0.2, 0.25) is 0 Å². The van der Waals surface area contributed by atoms with Crippen molar-refractivity contribution in [3.63, 3.8) is 0 Å². The molecule has 0 aromatic heterocycles. The fourth-order valence-electron chi connectivity index (χ4n) is 2.86. The van der Waals surface area contributed by atoms with E-state index < -0.39 is 0 Å². The van der Waals surface area contributed by atoms with Crippen LogP contribution in [0.1, 0.15) is 17.5 Å². The van der Waals surface area contributed by atoms with Crippen molar-refractivity contribution in [1.82, 2.24) is 4.90 Å². The molecule has 1 heterocycles. The first-order valence-corrected chi connectivity index (χ1v) is 6.50. The van der Waals surface area contributed by atoms with Gasteiger partial charge in [0.25, 0.3) is 0 Å². The van der Waals surface area contributed by atoms with Crippen LogP contribution < -0.4 is 0 Å². The van der Waals surface area contributed by atoms with E-state index in [0.29, 0.717) is 0 Å². The minimum absolute atomic E-state index is 0.155. The standard InChI is InChI=1S/C13H15BrN2/c1-16-8-13(15-9-16)6-5-11-10(7-13)3-2-4-12(11)14/h2-4,9H,5-8H2,1H3. The van der Waals surface area contributed by atoms with Crippen LogP contribution >= 0.6 is 15.9 Å². The average Bonchev–Trinajstić information content (AvgIpc) is 2.60. The summed E-state index contributed by atoms with van der Waals surface area (Å²) >= 11 is 3.64. The van der Waals surface area contributed by atoms with Crippen LogP contribution in [0.15, 0.2) is 27.7 Å². The molecule has 16 heavy (non-hydrogen) atoms. The van der Waals surface area contributed by atoms with Crippen molar-refractivity contribution in [3.8, 4) is 0 Å². The number of hydrogen-bond acceptors (Lipinski definition) is 2. The number of rotatable bonds is 0. The normalized spacial score (nSPS) is 27.5. The Kier molecular flexibility index (Phi) is 2.32. The van der Waals surface area contributed by atoms with Crippen LogP contribution in [-0.2, 0) is 12.8 Å². The van der Waals surface area contributed by atoms with Crippen molar-refractivity contribution < 1.29 is 0 Å². The van der Waals surface area contributed by atoms with Crippen LogP contribution in [0.2, 0.25) is 0 Å². The monoisotopic (exact) mass is 278 g/mol. The average molecular weight is 279 g/mol. The lowest BCUT2D eigenvalue weighted by Gasteiger charge is -2.33. The highest BCUT2D eigenvalue weighted by atomic mass is 79.9. The fourth-order valence-corrected chi connectivity index (χ4v) is 3.47. The summed E-state index contributed by atoms with van der Waals surface area (Å²) in [6.45, 7) is 1.07. The zero-order valence-electron chi connectivity index (χ0n) is 9.41. The molecule has 2 nitrogen and oxygen atoms in total. The van der Waals surface area contributed by atoms with Gasteiger partial charge in [-0.25, -0.2) is 0 Å². The molecule has 1 spiro atoms. The van der Waals surface area contributed by atoms with Crippen LogP contribution in [-0.4, -0.2) is 30.4 Å². The highest BCUT2D eigenvalue weighted by Gasteiger charge is 2.37. The SMILES string of the molecule is CN1C=NC2(CCc3c(Br)cccc3C2)C1. The maximum absolute atomic E-state index is 4.72.